The highest BCUT2D eigenvalue weighted by Gasteiger charge is 2.13. The van der Waals surface area contributed by atoms with E-state index in [1.807, 2.05) is 0 Å². The maximum atomic E-state index is 11.7. The fraction of sp³-hybridized carbons (Fsp3) is 0.455. The molecule has 0 aliphatic heterocycles. The smallest absolute Gasteiger partial charge is 0.240 e. The molecule has 1 atom stereocenters. The number of aliphatic hydroxyl groups excluding tert-OH is 1. The van der Waals surface area contributed by atoms with Crippen LogP contribution >= 0.6 is 0 Å². The Hall–Kier alpha value is -0.950. The number of methoxy groups -OCH3 is 1. The predicted molar refractivity (Wildman–Crippen MR) is 64.1 cm³/mol. The molecule has 1 aromatic rings. The van der Waals surface area contributed by atoms with Crippen molar-refractivity contribution in [3.8, 4) is 0 Å². The summed E-state index contributed by atoms with van der Waals surface area (Å²) in [6.45, 7) is 0.384. The molecule has 1 unspecified atom stereocenters. The average molecular weight is 259 g/mol. The van der Waals surface area contributed by atoms with E-state index in [0.29, 0.717) is 6.42 Å². The molecule has 0 aliphatic carbocycles. The lowest BCUT2D eigenvalue weighted by atomic mass is 10.3. The van der Waals surface area contributed by atoms with Gasteiger partial charge in [0.15, 0.2) is 0 Å². The number of ether oxygens (including phenoxy) is 1. The quantitative estimate of drug-likeness (QED) is 0.741. The maximum absolute atomic E-state index is 11.7. The number of rotatable bonds is 7. The van der Waals surface area contributed by atoms with Crippen molar-refractivity contribution >= 4 is 10.0 Å². The van der Waals surface area contributed by atoms with E-state index in [1.165, 1.54) is 19.2 Å². The van der Waals surface area contributed by atoms with E-state index in [4.69, 9.17) is 4.74 Å². The van der Waals surface area contributed by atoms with E-state index in [-0.39, 0.29) is 18.0 Å². The molecule has 0 saturated carbocycles. The molecule has 0 bridgehead atoms. The zero-order valence-electron chi connectivity index (χ0n) is 9.67. The van der Waals surface area contributed by atoms with Gasteiger partial charge in [-0.05, 0) is 18.6 Å². The third kappa shape index (κ3) is 4.82. The first-order valence-corrected chi connectivity index (χ1v) is 6.76. The van der Waals surface area contributed by atoms with Gasteiger partial charge in [-0.2, -0.15) is 0 Å². The molecule has 1 rings (SSSR count). The molecule has 0 radical (unpaired) electrons. The van der Waals surface area contributed by atoms with Gasteiger partial charge in [-0.15, -0.1) is 0 Å². The molecule has 5 nitrogen and oxygen atoms in total. The van der Waals surface area contributed by atoms with Crippen LogP contribution < -0.4 is 4.72 Å². The van der Waals surface area contributed by atoms with Gasteiger partial charge >= 0.3 is 0 Å². The average Bonchev–Trinajstić information content (AvgIpc) is 2.30. The van der Waals surface area contributed by atoms with Gasteiger partial charge in [0.25, 0.3) is 0 Å². The van der Waals surface area contributed by atoms with Gasteiger partial charge in [-0.25, -0.2) is 13.1 Å². The molecule has 0 fully saturated rings. The Bertz CT molecular complexity index is 418. The minimum Gasteiger partial charge on any atom is -0.391 e. The minimum absolute atomic E-state index is 0.182. The fourth-order valence-electron chi connectivity index (χ4n) is 1.32. The molecule has 96 valence electrons. The van der Waals surface area contributed by atoms with Gasteiger partial charge in [-0.1, -0.05) is 18.2 Å². The molecule has 0 saturated heterocycles. The Morgan fingerprint density at radius 2 is 2.00 bits per heavy atom. The number of hydrogen-bond donors (Lipinski definition) is 2. The topological polar surface area (TPSA) is 75.6 Å². The number of aliphatic hydroxyl groups is 1. The van der Waals surface area contributed by atoms with Gasteiger partial charge < -0.3 is 9.84 Å². The monoisotopic (exact) mass is 259 g/mol. The van der Waals surface area contributed by atoms with Gasteiger partial charge in [-0.3, -0.25) is 0 Å². The lowest BCUT2D eigenvalue weighted by molar-refractivity contribution is 0.0603. The van der Waals surface area contributed by atoms with Crippen LogP contribution in [0, 0.1) is 0 Å². The first-order chi connectivity index (χ1) is 8.06. The van der Waals surface area contributed by atoms with E-state index in [0.717, 1.165) is 0 Å². The minimum atomic E-state index is -3.47. The lowest BCUT2D eigenvalue weighted by Gasteiger charge is -2.10. The van der Waals surface area contributed by atoms with Crippen molar-refractivity contribution in [2.75, 3.05) is 20.3 Å². The van der Waals surface area contributed by atoms with Gasteiger partial charge in [0.05, 0.1) is 17.6 Å². The number of hydrogen-bond acceptors (Lipinski definition) is 4. The number of nitrogens with one attached hydrogen (secondary N) is 1. The van der Waals surface area contributed by atoms with Crippen LogP contribution in [0.1, 0.15) is 6.42 Å². The Morgan fingerprint density at radius 1 is 1.35 bits per heavy atom. The molecule has 0 aromatic heterocycles. The van der Waals surface area contributed by atoms with Crippen molar-refractivity contribution in [2.45, 2.75) is 17.4 Å². The van der Waals surface area contributed by atoms with Crippen LogP contribution in [-0.4, -0.2) is 39.9 Å². The summed E-state index contributed by atoms with van der Waals surface area (Å²) in [5, 5.41) is 9.36. The second-order valence-electron chi connectivity index (χ2n) is 3.61. The first-order valence-electron chi connectivity index (χ1n) is 5.28. The van der Waals surface area contributed by atoms with Gasteiger partial charge in [0.1, 0.15) is 0 Å². The highest BCUT2D eigenvalue weighted by molar-refractivity contribution is 7.89. The van der Waals surface area contributed by atoms with E-state index in [1.54, 1.807) is 18.2 Å². The maximum Gasteiger partial charge on any atom is 0.240 e. The van der Waals surface area contributed by atoms with Crippen LogP contribution in [0.4, 0.5) is 0 Å². The zero-order valence-corrected chi connectivity index (χ0v) is 10.5. The van der Waals surface area contributed by atoms with Crippen LogP contribution in [-0.2, 0) is 14.8 Å². The summed E-state index contributed by atoms with van der Waals surface area (Å²) < 4.78 is 30.7. The van der Waals surface area contributed by atoms with Gasteiger partial charge in [0, 0.05) is 13.7 Å². The van der Waals surface area contributed by atoms with Crippen molar-refractivity contribution in [2.24, 2.45) is 0 Å². The second kappa shape index (κ2) is 6.70. The summed E-state index contributed by atoms with van der Waals surface area (Å²) in [6, 6.07) is 8.12. The van der Waals surface area contributed by atoms with Crippen LogP contribution in [0.5, 0.6) is 0 Å². The van der Waals surface area contributed by atoms with Crippen LogP contribution in [0.2, 0.25) is 0 Å². The van der Waals surface area contributed by atoms with Gasteiger partial charge in [0.2, 0.25) is 10.0 Å². The standard InChI is InChI=1S/C11H17NO4S/c1-16-9-10(13)7-8-12-17(14,15)11-5-3-2-4-6-11/h2-6,10,12-13H,7-9H2,1H3. The number of benzene rings is 1. The molecule has 0 heterocycles. The Balaban J connectivity index is 2.46. The fourth-order valence-corrected chi connectivity index (χ4v) is 2.39. The summed E-state index contributed by atoms with van der Waals surface area (Å²) in [5.74, 6) is 0. The largest absolute Gasteiger partial charge is 0.391 e. The van der Waals surface area contributed by atoms with Crippen LogP contribution in [0.3, 0.4) is 0 Å². The molecule has 0 spiro atoms. The summed E-state index contributed by atoms with van der Waals surface area (Å²) in [7, 11) is -1.99. The van der Waals surface area contributed by atoms with Crippen molar-refractivity contribution < 1.29 is 18.3 Å². The Labute approximate surface area is 101 Å². The number of sulfonamides is 1. The molecule has 0 amide bonds. The summed E-state index contributed by atoms with van der Waals surface area (Å²) in [5.41, 5.74) is 0. The van der Waals surface area contributed by atoms with Crippen molar-refractivity contribution in [1.29, 1.82) is 0 Å². The normalized spacial score (nSPS) is 13.5. The molecule has 6 heteroatoms. The highest BCUT2D eigenvalue weighted by atomic mass is 32.2. The van der Waals surface area contributed by atoms with E-state index >= 15 is 0 Å². The Morgan fingerprint density at radius 3 is 2.59 bits per heavy atom. The Kier molecular flexibility index (Phi) is 5.57. The van der Waals surface area contributed by atoms with E-state index < -0.39 is 16.1 Å². The van der Waals surface area contributed by atoms with Crippen LogP contribution in [0.25, 0.3) is 0 Å². The molecular weight excluding hydrogens is 242 g/mol. The predicted octanol–water partition coefficient (Wildman–Crippen LogP) is 0.362. The zero-order chi connectivity index (χ0) is 12.7. The van der Waals surface area contributed by atoms with Crippen molar-refractivity contribution in [1.82, 2.24) is 4.72 Å². The molecule has 1 aromatic carbocycles. The summed E-state index contributed by atoms with van der Waals surface area (Å²) >= 11 is 0. The van der Waals surface area contributed by atoms with E-state index in [9.17, 15) is 13.5 Å². The third-order valence-corrected chi connectivity index (χ3v) is 3.66. The summed E-state index contributed by atoms with van der Waals surface area (Å²) in [4.78, 5) is 0.223. The molecule has 2 N–H and O–H groups in total. The van der Waals surface area contributed by atoms with Crippen molar-refractivity contribution in [3.05, 3.63) is 30.3 Å². The molecular formula is C11H17NO4S. The molecule has 17 heavy (non-hydrogen) atoms. The SMILES string of the molecule is COCC(O)CCNS(=O)(=O)c1ccccc1. The first kappa shape index (κ1) is 14.1. The highest BCUT2D eigenvalue weighted by Crippen LogP contribution is 2.06. The lowest BCUT2D eigenvalue weighted by Crippen LogP contribution is -2.28. The van der Waals surface area contributed by atoms with Crippen LogP contribution in [0.15, 0.2) is 35.2 Å². The second-order valence-corrected chi connectivity index (χ2v) is 5.38. The van der Waals surface area contributed by atoms with E-state index in [2.05, 4.69) is 4.72 Å². The third-order valence-electron chi connectivity index (χ3n) is 2.18. The van der Waals surface area contributed by atoms with Crippen molar-refractivity contribution in [3.63, 3.8) is 0 Å². The molecule has 0 aliphatic rings. The summed E-state index contributed by atoms with van der Waals surface area (Å²) in [6.07, 6.45) is -0.335.